The van der Waals surface area contributed by atoms with Crippen LogP contribution in [-0.4, -0.2) is 238 Å². The number of piperidine rings is 4. The number of carbonyl (C=O) groups is 6. The molecular formula is C88H118FK2N21O15. The molecule has 0 aliphatic carbocycles. The number of likely N-dealkylation sites (tertiary alicyclic amines) is 3. The van der Waals surface area contributed by atoms with Crippen molar-refractivity contribution >= 4 is 81.9 Å². The van der Waals surface area contributed by atoms with E-state index in [4.69, 9.17) is 39.7 Å². The number of esters is 1. The van der Waals surface area contributed by atoms with Gasteiger partial charge in [-0.15, -0.1) is 0 Å². The van der Waals surface area contributed by atoms with Crippen molar-refractivity contribution in [3.8, 4) is 11.4 Å². The van der Waals surface area contributed by atoms with Crippen molar-refractivity contribution in [3.05, 3.63) is 165 Å². The van der Waals surface area contributed by atoms with Gasteiger partial charge in [0.2, 0.25) is 0 Å². The Balaban J connectivity index is 0.000000193. The monoisotopic (exact) mass is 1810 g/mol. The average Bonchev–Trinajstić information content (AvgIpc) is 1.63. The molecule has 0 atom stereocenters. The molecule has 8 aliphatic heterocycles. The number of aryl methyl sites for hydroxylation is 4. The summed E-state index contributed by atoms with van der Waals surface area (Å²) in [5.74, 6) is -0.754. The predicted molar refractivity (Wildman–Crippen MR) is 465 cm³/mol. The van der Waals surface area contributed by atoms with Gasteiger partial charge in [0, 0.05) is 132 Å². The molecule has 3 amide bonds. The Morgan fingerprint density at radius 2 is 1.04 bits per heavy atom. The van der Waals surface area contributed by atoms with Crippen LogP contribution in [0.1, 0.15) is 162 Å². The Labute approximate surface area is 825 Å². The Kier molecular flexibility index (Phi) is 35.4. The number of nitrogen functional groups attached to an aromatic ring is 1. The number of amides is 3. The van der Waals surface area contributed by atoms with Crippen LogP contribution >= 0.6 is 0 Å². The number of rotatable bonds is 10. The van der Waals surface area contributed by atoms with Gasteiger partial charge in [0.15, 0.2) is 12.0 Å². The molecule has 127 heavy (non-hydrogen) atoms. The number of halogens is 1. The first-order valence-corrected chi connectivity index (χ1v) is 42.3. The summed E-state index contributed by atoms with van der Waals surface area (Å²) >= 11 is 0. The maximum absolute atomic E-state index is 13.0. The van der Waals surface area contributed by atoms with Gasteiger partial charge in [-0.1, -0.05) is 0 Å². The summed E-state index contributed by atoms with van der Waals surface area (Å²) in [5, 5.41) is 34.7. The number of fused-ring (bicyclic) bond motifs is 3. The van der Waals surface area contributed by atoms with Crippen molar-refractivity contribution < 1.29 is 171 Å². The molecule has 9 aromatic rings. The minimum atomic E-state index is -0.532. The van der Waals surface area contributed by atoms with Gasteiger partial charge in [0.1, 0.15) is 51.9 Å². The summed E-state index contributed by atoms with van der Waals surface area (Å²) < 4.78 is 37.8. The quantitative estimate of drug-likeness (QED) is 0.0196. The number of nitrogens with two attached hydrogens (primary N) is 1. The van der Waals surface area contributed by atoms with Crippen LogP contribution in [-0.2, 0) is 33.4 Å². The number of nitrogens with zero attached hydrogens (tertiary/aromatic N) is 18. The molecule has 8 aliphatic rings. The summed E-state index contributed by atoms with van der Waals surface area (Å²) in [5.41, 5.74) is 16.0. The number of nitrogens with one attached hydrogen (secondary N) is 2. The number of aromatic nitrogens is 11. The summed E-state index contributed by atoms with van der Waals surface area (Å²) in [6.45, 7) is 41.5. The van der Waals surface area contributed by atoms with E-state index in [1.807, 2.05) is 143 Å². The van der Waals surface area contributed by atoms with Gasteiger partial charge in [0.25, 0.3) is 12.0 Å². The van der Waals surface area contributed by atoms with Gasteiger partial charge in [-0.2, -0.15) is 10.2 Å². The average molecular weight is 1810 g/mol. The van der Waals surface area contributed by atoms with Crippen LogP contribution in [0.2, 0.25) is 0 Å². The molecule has 0 bridgehead atoms. The number of anilines is 4. The van der Waals surface area contributed by atoms with E-state index < -0.39 is 22.1 Å². The minimum absolute atomic E-state index is 0. The minimum Gasteiger partial charge on any atom is -1.00 e. The third-order valence-electron chi connectivity index (χ3n) is 23.0. The second kappa shape index (κ2) is 44.2. The van der Waals surface area contributed by atoms with Crippen LogP contribution in [0.15, 0.2) is 115 Å². The van der Waals surface area contributed by atoms with Gasteiger partial charge < -0.3 is 86.4 Å². The van der Waals surface area contributed by atoms with Gasteiger partial charge in [-0.05, 0) is 231 Å². The Bertz CT molecular complexity index is 5300. The van der Waals surface area contributed by atoms with Gasteiger partial charge in [-0.25, -0.2) is 37.8 Å². The number of hydrogen-bond acceptors (Lipinski definition) is 29. The molecule has 17 heterocycles. The molecule has 8 saturated heterocycles. The normalized spacial score (nSPS) is 17.2. The third-order valence-corrected chi connectivity index (χ3v) is 23.0. The van der Waals surface area contributed by atoms with E-state index in [2.05, 4.69) is 71.4 Å². The van der Waals surface area contributed by atoms with Gasteiger partial charge in [0.05, 0.1) is 88.0 Å². The number of hydrogen-bond donors (Lipinski definition) is 3. The molecule has 8 fully saturated rings. The van der Waals surface area contributed by atoms with Gasteiger partial charge >= 0.3 is 133 Å². The number of Topliss-reactive ketones (excluding diaryl/α,β-unsaturated/α-hetero) is 1. The molecule has 0 radical (unpaired) electrons. The first-order valence-electron chi connectivity index (χ1n) is 42.3. The fourth-order valence-corrected chi connectivity index (χ4v) is 16.4. The molecule has 0 aromatic carbocycles. The molecule has 0 saturated carbocycles. The zero-order chi connectivity index (χ0) is 90.4. The van der Waals surface area contributed by atoms with Crippen molar-refractivity contribution in [1.29, 1.82) is 0 Å². The van der Waals surface area contributed by atoms with E-state index in [0.29, 0.717) is 33.7 Å². The van der Waals surface area contributed by atoms with E-state index in [1.165, 1.54) is 50.2 Å². The smallest absolute Gasteiger partial charge is 1.00 e. The second-order valence-corrected chi connectivity index (χ2v) is 36.4. The molecular weight excluding hydrogens is 1690 g/mol. The van der Waals surface area contributed by atoms with Crippen molar-refractivity contribution in [3.63, 3.8) is 0 Å². The molecule has 4 spiro atoms. The van der Waals surface area contributed by atoms with E-state index in [0.717, 1.165) is 181 Å². The molecule has 674 valence electrons. The number of pyridine rings is 4. The van der Waals surface area contributed by atoms with Crippen LogP contribution in [0.25, 0.3) is 28.1 Å². The zero-order valence-corrected chi connectivity index (χ0v) is 82.2. The Morgan fingerprint density at radius 1 is 0.583 bits per heavy atom. The Morgan fingerprint density at radius 3 is 1.45 bits per heavy atom. The van der Waals surface area contributed by atoms with Crippen molar-refractivity contribution in [1.82, 2.24) is 78.9 Å². The summed E-state index contributed by atoms with van der Waals surface area (Å²) in [6.07, 6.45) is 19.7. The second-order valence-electron chi connectivity index (χ2n) is 36.4. The van der Waals surface area contributed by atoms with Crippen LogP contribution in [0.3, 0.4) is 0 Å². The first kappa shape index (κ1) is 102. The first-order chi connectivity index (χ1) is 59.2. The maximum Gasteiger partial charge on any atom is 1.00 e. The zero-order valence-electron chi connectivity index (χ0n) is 77.0. The molecule has 17 rings (SSSR count). The predicted octanol–water partition coefficient (Wildman–Crippen LogP) is 4.40. The molecule has 4 N–H and O–H groups in total. The number of ketones is 1. The number of carbonyl (C=O) groups excluding carboxylic acids is 6. The van der Waals surface area contributed by atoms with Crippen molar-refractivity contribution in [2.75, 3.05) is 132 Å². The SMILES string of the molecule is CC(C)(C)OC(=O)N1CC2(CCN(c3ccc(N)nc3)CC2)C1.CC(C)(C)OC(=O)N1CC2(CCN(c3ccc([N+](=O)[O-])nc3)CC2)C1.CC(C)(C)OC(=O)N1CC2(CCNCC2)C1.CCOC(=O)CC(=O)c1cc2c(C)nc(C)cn2n1.Cc1cn2nc(-c3cc(=O)n4cc(N5CCC6(CC5)CNC6)ccc4n3)cc2c(C)n1.Fc1cccnc1.O=CO[O-].[H-].[K+].[K+]. The van der Waals surface area contributed by atoms with Crippen LogP contribution in [0.5, 0.6) is 0 Å². The van der Waals surface area contributed by atoms with E-state index in [1.54, 1.807) is 61.9 Å². The Hall–Kier alpha value is -8.85. The maximum atomic E-state index is 13.0. The molecule has 36 nitrogen and oxygen atoms in total. The van der Waals surface area contributed by atoms with E-state index >= 15 is 0 Å². The van der Waals surface area contributed by atoms with Crippen molar-refractivity contribution in [2.24, 2.45) is 21.7 Å². The van der Waals surface area contributed by atoms with Crippen molar-refractivity contribution in [2.45, 2.75) is 172 Å². The molecule has 39 heteroatoms. The standard InChI is InChI=1S/C23H25N7O.C17H24N4O4.C17H26N4O2.C13H15N3O3.C12H22N2O2.C5H4FN.CH2O3.2K.H/c1-15-11-30-20(16(2)25-15)9-19(27-30)18-10-22(31)29-12-17(3-4-21(29)26-18)28-7-5-23(6-8-28)13-24-14-23;1-16(2,3)25-15(22)20-11-17(12-20)6-8-19(9-7-17)13-4-5-14(18-10-13)21(23)24;1-16(2,3)23-15(22)21-11-17(12-21)6-8-20(9-7-17)13-4-5-14(18)19-10-13;1-4-19-13(18)6-12(17)10-5-11-9(3)14-8(2)7-16(11)15-10;1-11(2,3)16-10(15)14-8-12(9-14)4-6-13-7-5-12;6-5-2-1-3-7-4-5;2-1-4-3;;;/h3-4,9-12,24H,5-8,13-14H2,1-2H3;4-5,10H,6-9,11-12H2,1-3H3;4-5,10H,6-9,11-12H2,1-3H3,(H2,18,19);5,7H,4,6H2,1-3H3;13H,4-9H2,1-3H3;1-4H;1,3H;;;/q;;;;;;;2*+1;-1/p-1. The topological polar surface area (TPSA) is 418 Å². The van der Waals surface area contributed by atoms with E-state index in [9.17, 15) is 43.3 Å². The molecule has 9 aromatic heterocycles. The summed E-state index contributed by atoms with van der Waals surface area (Å²) in [7, 11) is 0. The fourth-order valence-electron chi connectivity index (χ4n) is 16.4. The summed E-state index contributed by atoms with van der Waals surface area (Å²) in [6, 6.07) is 19.1. The van der Waals surface area contributed by atoms with Crippen LogP contribution < -0.4 is 145 Å². The molecule has 0 unspecified atom stereocenters. The fraction of sp³-hybridized carbons (Fsp3) is 0.534. The third kappa shape index (κ3) is 28.1. The van der Waals surface area contributed by atoms with Crippen LogP contribution in [0.4, 0.5) is 47.5 Å². The largest absolute Gasteiger partial charge is 1.00 e. The van der Waals surface area contributed by atoms with Crippen LogP contribution in [0, 0.1) is 65.3 Å². The van der Waals surface area contributed by atoms with Gasteiger partial charge in [-0.3, -0.25) is 38.5 Å². The summed E-state index contributed by atoms with van der Waals surface area (Å²) in [4.78, 5) is 131. The number of ether oxygens (including phenoxy) is 4. The number of nitro groups is 1. The van der Waals surface area contributed by atoms with E-state index in [-0.39, 0.29) is 187 Å².